The van der Waals surface area contributed by atoms with E-state index in [0.717, 1.165) is 5.56 Å². The number of carbonyl (C=O) groups excluding carboxylic acids is 1. The molecule has 158 valence electrons. The summed E-state index contributed by atoms with van der Waals surface area (Å²) in [6.45, 7) is 1.72. The van der Waals surface area contributed by atoms with Crippen LogP contribution >= 0.6 is 11.3 Å². The molecule has 4 rings (SSSR count). The van der Waals surface area contributed by atoms with Gasteiger partial charge in [-0.15, -0.1) is 0 Å². The molecule has 0 saturated heterocycles. The van der Waals surface area contributed by atoms with Crippen molar-refractivity contribution in [3.8, 4) is 5.75 Å². The van der Waals surface area contributed by atoms with E-state index >= 15 is 0 Å². The minimum absolute atomic E-state index is 0.289. The number of aromatic nitrogens is 1. The van der Waals surface area contributed by atoms with Crippen LogP contribution in [0, 0.1) is 5.82 Å². The lowest BCUT2D eigenvalue weighted by Crippen LogP contribution is -2.39. The highest BCUT2D eigenvalue weighted by atomic mass is 32.1. The highest BCUT2D eigenvalue weighted by Gasteiger charge is 2.33. The molecule has 8 heteroatoms. The van der Waals surface area contributed by atoms with Crippen molar-refractivity contribution in [2.24, 2.45) is 4.99 Å². The highest BCUT2D eigenvalue weighted by Crippen LogP contribution is 2.31. The summed E-state index contributed by atoms with van der Waals surface area (Å²) in [5.41, 5.74) is 1.92. The SMILES string of the molecule is COC(=O)C1=C(C)N=c2s/c(=C\c3ccc(F)cc3)c(=O)n2[C@H]1c1ccc(OC)cc1. The number of fused-ring (bicyclic) bond motifs is 1. The molecule has 2 heterocycles. The van der Waals surface area contributed by atoms with E-state index in [0.29, 0.717) is 31.9 Å². The summed E-state index contributed by atoms with van der Waals surface area (Å²) in [6.07, 6.45) is 1.69. The topological polar surface area (TPSA) is 69.9 Å². The largest absolute Gasteiger partial charge is 0.497 e. The normalized spacial score (nSPS) is 16.0. The zero-order chi connectivity index (χ0) is 22.1. The Hall–Kier alpha value is -3.52. The lowest BCUT2D eigenvalue weighted by atomic mass is 9.96. The van der Waals surface area contributed by atoms with Crippen molar-refractivity contribution >= 4 is 23.4 Å². The predicted octanol–water partition coefficient (Wildman–Crippen LogP) is 2.56. The van der Waals surface area contributed by atoms with Crippen LogP contribution in [0.2, 0.25) is 0 Å². The number of allylic oxidation sites excluding steroid dienone is 1. The first kappa shape index (κ1) is 20.7. The number of rotatable bonds is 4. The molecule has 0 amide bonds. The molecule has 0 N–H and O–H groups in total. The van der Waals surface area contributed by atoms with Gasteiger partial charge in [0.15, 0.2) is 4.80 Å². The lowest BCUT2D eigenvalue weighted by molar-refractivity contribution is -0.136. The van der Waals surface area contributed by atoms with Crippen LogP contribution in [-0.2, 0) is 9.53 Å². The van der Waals surface area contributed by atoms with Crippen LogP contribution in [0.4, 0.5) is 4.39 Å². The minimum Gasteiger partial charge on any atom is -0.497 e. The van der Waals surface area contributed by atoms with Gasteiger partial charge in [-0.2, -0.15) is 0 Å². The Morgan fingerprint density at radius 2 is 1.81 bits per heavy atom. The van der Waals surface area contributed by atoms with E-state index in [1.165, 1.54) is 35.1 Å². The predicted molar refractivity (Wildman–Crippen MR) is 115 cm³/mol. The highest BCUT2D eigenvalue weighted by molar-refractivity contribution is 7.07. The Kier molecular flexibility index (Phi) is 5.56. The van der Waals surface area contributed by atoms with E-state index in [2.05, 4.69) is 4.99 Å². The number of benzene rings is 2. The molecule has 1 aliphatic heterocycles. The first-order chi connectivity index (χ1) is 14.9. The summed E-state index contributed by atoms with van der Waals surface area (Å²) in [6, 6.07) is 12.3. The summed E-state index contributed by atoms with van der Waals surface area (Å²) in [5.74, 6) is -0.237. The Labute approximate surface area is 181 Å². The van der Waals surface area contributed by atoms with Gasteiger partial charge in [-0.05, 0) is 48.4 Å². The smallest absolute Gasteiger partial charge is 0.338 e. The third-order valence-electron chi connectivity index (χ3n) is 5.03. The molecule has 1 atom stereocenters. The van der Waals surface area contributed by atoms with Gasteiger partial charge in [0.25, 0.3) is 5.56 Å². The third kappa shape index (κ3) is 3.82. The van der Waals surface area contributed by atoms with Crippen molar-refractivity contribution in [2.75, 3.05) is 14.2 Å². The van der Waals surface area contributed by atoms with Crippen LogP contribution in [0.15, 0.2) is 69.6 Å². The van der Waals surface area contributed by atoms with Gasteiger partial charge in [0.05, 0.1) is 36.1 Å². The molecule has 1 aromatic heterocycles. The standard InChI is InChI=1S/C23H19FN2O4S/c1-13-19(22(28)30-3)20(15-6-10-17(29-2)11-7-15)26-21(27)18(31-23(26)25-13)12-14-4-8-16(24)9-5-14/h4-12,20H,1-3H3/b18-12-/t20-/m0/s1. The maximum absolute atomic E-state index is 13.4. The molecular weight excluding hydrogens is 419 g/mol. The second-order valence-corrected chi connectivity index (χ2v) is 7.91. The van der Waals surface area contributed by atoms with Crippen molar-refractivity contribution in [1.82, 2.24) is 4.57 Å². The maximum Gasteiger partial charge on any atom is 0.338 e. The minimum atomic E-state index is -0.690. The lowest BCUT2D eigenvalue weighted by Gasteiger charge is -2.24. The molecule has 0 radical (unpaired) electrons. The number of ether oxygens (including phenoxy) is 2. The van der Waals surface area contributed by atoms with E-state index in [4.69, 9.17) is 9.47 Å². The number of carbonyl (C=O) groups is 1. The van der Waals surface area contributed by atoms with Gasteiger partial charge in [-0.1, -0.05) is 35.6 Å². The first-order valence-corrected chi connectivity index (χ1v) is 10.2. The monoisotopic (exact) mass is 438 g/mol. The number of methoxy groups -OCH3 is 2. The van der Waals surface area contributed by atoms with Crippen molar-refractivity contribution in [3.63, 3.8) is 0 Å². The maximum atomic E-state index is 13.4. The fourth-order valence-corrected chi connectivity index (χ4v) is 4.55. The molecule has 0 bridgehead atoms. The number of hydrogen-bond donors (Lipinski definition) is 0. The number of nitrogens with zero attached hydrogens (tertiary/aromatic N) is 2. The Bertz CT molecular complexity index is 1350. The average Bonchev–Trinajstić information content (AvgIpc) is 3.08. The van der Waals surface area contributed by atoms with E-state index in [1.807, 2.05) is 12.1 Å². The van der Waals surface area contributed by atoms with Crippen LogP contribution in [0.25, 0.3) is 6.08 Å². The average molecular weight is 438 g/mol. The Morgan fingerprint density at radius 3 is 2.42 bits per heavy atom. The quantitative estimate of drug-likeness (QED) is 0.587. The van der Waals surface area contributed by atoms with Crippen LogP contribution in [0.5, 0.6) is 5.75 Å². The van der Waals surface area contributed by atoms with E-state index < -0.39 is 12.0 Å². The zero-order valence-corrected chi connectivity index (χ0v) is 17.9. The van der Waals surface area contributed by atoms with Crippen LogP contribution in [-0.4, -0.2) is 24.8 Å². The Morgan fingerprint density at radius 1 is 1.13 bits per heavy atom. The second-order valence-electron chi connectivity index (χ2n) is 6.90. The molecule has 0 fully saturated rings. The summed E-state index contributed by atoms with van der Waals surface area (Å²) in [4.78, 5) is 31.0. The van der Waals surface area contributed by atoms with Crippen LogP contribution in [0.3, 0.4) is 0 Å². The molecule has 0 spiro atoms. The van der Waals surface area contributed by atoms with Gasteiger partial charge < -0.3 is 9.47 Å². The summed E-state index contributed by atoms with van der Waals surface area (Å²) in [5, 5.41) is 0. The molecule has 1 aliphatic rings. The van der Waals surface area contributed by atoms with Gasteiger partial charge in [0.1, 0.15) is 11.6 Å². The van der Waals surface area contributed by atoms with Crippen LogP contribution in [0.1, 0.15) is 24.1 Å². The summed E-state index contributed by atoms with van der Waals surface area (Å²) >= 11 is 1.22. The molecule has 0 saturated carbocycles. The Balaban J connectivity index is 1.94. The fourth-order valence-electron chi connectivity index (χ4n) is 3.50. The van der Waals surface area contributed by atoms with Crippen molar-refractivity contribution in [3.05, 3.63) is 96.4 Å². The second kappa shape index (κ2) is 8.31. The number of halogens is 1. The van der Waals surface area contributed by atoms with Crippen molar-refractivity contribution in [2.45, 2.75) is 13.0 Å². The van der Waals surface area contributed by atoms with E-state index in [-0.39, 0.29) is 11.4 Å². The summed E-state index contributed by atoms with van der Waals surface area (Å²) < 4.78 is 25.4. The van der Waals surface area contributed by atoms with Crippen molar-refractivity contribution in [1.29, 1.82) is 0 Å². The van der Waals surface area contributed by atoms with Gasteiger partial charge in [-0.25, -0.2) is 14.2 Å². The number of thiazole rings is 1. The molecule has 0 aliphatic carbocycles. The molecule has 6 nitrogen and oxygen atoms in total. The fraction of sp³-hybridized carbons (Fsp3) is 0.174. The van der Waals surface area contributed by atoms with Crippen molar-refractivity contribution < 1.29 is 18.7 Å². The van der Waals surface area contributed by atoms with Gasteiger partial charge in [0.2, 0.25) is 0 Å². The first-order valence-electron chi connectivity index (χ1n) is 9.43. The third-order valence-corrected chi connectivity index (χ3v) is 6.01. The van der Waals surface area contributed by atoms with E-state index in [9.17, 15) is 14.0 Å². The zero-order valence-electron chi connectivity index (χ0n) is 17.1. The van der Waals surface area contributed by atoms with Gasteiger partial charge >= 0.3 is 5.97 Å². The summed E-state index contributed by atoms with van der Waals surface area (Å²) in [7, 11) is 2.87. The molecular formula is C23H19FN2O4S. The van der Waals surface area contributed by atoms with Crippen LogP contribution < -0.4 is 19.6 Å². The molecule has 31 heavy (non-hydrogen) atoms. The molecule has 0 unspecified atom stereocenters. The number of esters is 1. The number of hydrogen-bond acceptors (Lipinski definition) is 6. The molecule has 2 aromatic carbocycles. The molecule has 3 aromatic rings. The van der Waals surface area contributed by atoms with Gasteiger partial charge in [0, 0.05) is 0 Å². The van der Waals surface area contributed by atoms with E-state index in [1.54, 1.807) is 44.4 Å². The van der Waals surface area contributed by atoms with Gasteiger partial charge in [-0.3, -0.25) is 9.36 Å².